The third-order valence-electron chi connectivity index (χ3n) is 2.67. The highest BCUT2D eigenvalue weighted by atomic mass is 19.1. The fourth-order valence-electron chi connectivity index (χ4n) is 1.97. The lowest BCUT2D eigenvalue weighted by Crippen LogP contribution is -2.06. The van der Waals surface area contributed by atoms with Crippen LogP contribution in [-0.2, 0) is 0 Å². The van der Waals surface area contributed by atoms with Gasteiger partial charge in [0.2, 0.25) is 0 Å². The molecule has 3 rings (SSSR count). The van der Waals surface area contributed by atoms with Gasteiger partial charge in [0.15, 0.2) is 0 Å². The van der Waals surface area contributed by atoms with Crippen molar-refractivity contribution in [1.29, 1.82) is 0 Å². The van der Waals surface area contributed by atoms with Crippen LogP contribution in [0.3, 0.4) is 0 Å². The lowest BCUT2D eigenvalue weighted by Gasteiger charge is -1.96. The van der Waals surface area contributed by atoms with Crippen molar-refractivity contribution < 1.29 is 4.39 Å². The van der Waals surface area contributed by atoms with Crippen molar-refractivity contribution in [2.45, 2.75) is 0 Å². The minimum absolute atomic E-state index is 0.267. The first kappa shape index (κ1) is 8.29. The molecule has 0 aliphatic carbocycles. The number of halogens is 1. The molecule has 0 fully saturated rings. The molecule has 0 unspecified atom stereocenters. The summed E-state index contributed by atoms with van der Waals surface area (Å²) in [4.78, 5) is 0. The molecule has 1 heterocycles. The van der Waals surface area contributed by atoms with Crippen molar-refractivity contribution in [3.63, 3.8) is 0 Å². The van der Waals surface area contributed by atoms with E-state index >= 15 is 0 Å². The van der Waals surface area contributed by atoms with Crippen LogP contribution >= 0.6 is 0 Å². The predicted molar refractivity (Wildman–Crippen MR) is 59.6 cm³/mol. The Hall–Kier alpha value is -2.03. The molecule has 3 aromatic rings. The molecule has 0 spiro atoms. The Bertz CT molecular complexity index is 655. The highest BCUT2D eigenvalue weighted by Gasteiger charge is 2.07. The van der Waals surface area contributed by atoms with E-state index in [2.05, 4.69) is 0 Å². The molecule has 0 atom stereocenters. The molecule has 0 radical (unpaired) electrons. The van der Waals surface area contributed by atoms with E-state index in [-0.39, 0.29) is 5.82 Å². The molecule has 2 N–H and O–H groups in total. The number of benzene rings is 2. The van der Waals surface area contributed by atoms with Crippen LogP contribution < -0.4 is 5.84 Å². The molecule has 0 bridgehead atoms. The summed E-state index contributed by atoms with van der Waals surface area (Å²) in [6, 6.07) is 12.4. The number of aromatic nitrogens is 1. The fraction of sp³-hybridized carbons (Fsp3) is 0. The minimum Gasteiger partial charge on any atom is -0.339 e. The summed E-state index contributed by atoms with van der Waals surface area (Å²) in [6.07, 6.45) is 0. The van der Waals surface area contributed by atoms with Gasteiger partial charge in [-0.3, -0.25) is 4.68 Å². The van der Waals surface area contributed by atoms with E-state index < -0.39 is 0 Å². The molecule has 3 heteroatoms. The highest BCUT2D eigenvalue weighted by Crippen LogP contribution is 2.27. The second-order valence-electron chi connectivity index (χ2n) is 3.55. The summed E-state index contributed by atoms with van der Waals surface area (Å²) in [5.41, 5.74) is 1.63. The summed E-state index contributed by atoms with van der Waals surface area (Å²) in [5.74, 6) is 5.63. The van der Waals surface area contributed by atoms with Gasteiger partial charge in [-0.15, -0.1) is 0 Å². The number of para-hydroxylation sites is 1. The normalized spacial score (nSPS) is 11.3. The van der Waals surface area contributed by atoms with E-state index in [0.29, 0.717) is 0 Å². The number of fused-ring (bicyclic) bond motifs is 3. The topological polar surface area (TPSA) is 30.9 Å². The number of hydrogen-bond acceptors (Lipinski definition) is 1. The first-order chi connectivity index (χ1) is 7.27. The Kier molecular flexibility index (Phi) is 1.51. The van der Waals surface area contributed by atoms with E-state index in [4.69, 9.17) is 5.84 Å². The Labute approximate surface area is 85.7 Å². The van der Waals surface area contributed by atoms with Crippen LogP contribution in [0.2, 0.25) is 0 Å². The van der Waals surface area contributed by atoms with Gasteiger partial charge >= 0.3 is 0 Å². The van der Waals surface area contributed by atoms with Gasteiger partial charge in [0, 0.05) is 16.8 Å². The average Bonchev–Trinajstić information content (AvgIpc) is 2.54. The van der Waals surface area contributed by atoms with Crippen LogP contribution in [0.15, 0.2) is 42.5 Å². The molecule has 0 saturated carbocycles. The number of nitrogen functional groups attached to an aromatic ring is 1. The van der Waals surface area contributed by atoms with Crippen LogP contribution in [-0.4, -0.2) is 4.68 Å². The standard InChI is InChI=1S/C12H9FN2/c13-8-5-6-10-9-3-1-2-4-11(9)15(14)12(10)7-8/h1-7H,14H2. The van der Waals surface area contributed by atoms with E-state index in [1.54, 1.807) is 6.07 Å². The summed E-state index contributed by atoms with van der Waals surface area (Å²) >= 11 is 0. The van der Waals surface area contributed by atoms with Crippen molar-refractivity contribution in [2.24, 2.45) is 0 Å². The van der Waals surface area contributed by atoms with Crippen LogP contribution in [0.5, 0.6) is 0 Å². The molecule has 0 amide bonds. The lowest BCUT2D eigenvalue weighted by molar-refractivity contribution is 0.629. The van der Waals surface area contributed by atoms with Crippen molar-refractivity contribution in [2.75, 3.05) is 5.84 Å². The first-order valence-electron chi connectivity index (χ1n) is 4.71. The van der Waals surface area contributed by atoms with Gasteiger partial charge in [0.1, 0.15) is 5.82 Å². The summed E-state index contributed by atoms with van der Waals surface area (Å²) in [7, 11) is 0. The summed E-state index contributed by atoms with van der Waals surface area (Å²) in [5, 5.41) is 2.03. The molecule has 2 aromatic carbocycles. The Morgan fingerprint density at radius 2 is 1.67 bits per heavy atom. The number of nitrogens with zero attached hydrogens (tertiary/aromatic N) is 1. The van der Waals surface area contributed by atoms with E-state index in [1.165, 1.54) is 16.8 Å². The lowest BCUT2D eigenvalue weighted by atomic mass is 10.1. The Morgan fingerprint density at radius 3 is 2.53 bits per heavy atom. The third kappa shape index (κ3) is 1.03. The molecule has 0 saturated heterocycles. The van der Waals surface area contributed by atoms with Crippen LogP contribution in [0.25, 0.3) is 21.8 Å². The first-order valence-corrected chi connectivity index (χ1v) is 4.71. The Morgan fingerprint density at radius 1 is 0.933 bits per heavy atom. The zero-order chi connectivity index (χ0) is 10.4. The Balaban J connectivity index is 2.63. The van der Waals surface area contributed by atoms with Crippen molar-refractivity contribution in [1.82, 2.24) is 4.68 Å². The van der Waals surface area contributed by atoms with Gasteiger partial charge < -0.3 is 5.84 Å². The zero-order valence-electron chi connectivity index (χ0n) is 7.94. The van der Waals surface area contributed by atoms with Gasteiger partial charge in [-0.25, -0.2) is 4.39 Å². The SMILES string of the molecule is Nn1c2ccccc2c2ccc(F)cc21. The summed E-state index contributed by atoms with van der Waals surface area (Å²) in [6.45, 7) is 0. The highest BCUT2D eigenvalue weighted by molar-refractivity contribution is 6.07. The fourth-order valence-corrected chi connectivity index (χ4v) is 1.97. The second-order valence-corrected chi connectivity index (χ2v) is 3.55. The maximum absolute atomic E-state index is 13.1. The van der Waals surface area contributed by atoms with Crippen LogP contribution in [0.4, 0.5) is 4.39 Å². The summed E-state index contributed by atoms with van der Waals surface area (Å²) < 4.78 is 14.6. The largest absolute Gasteiger partial charge is 0.339 e. The van der Waals surface area contributed by atoms with E-state index in [0.717, 1.165) is 21.8 Å². The van der Waals surface area contributed by atoms with E-state index in [9.17, 15) is 4.39 Å². The predicted octanol–water partition coefficient (Wildman–Crippen LogP) is 2.65. The zero-order valence-corrected chi connectivity index (χ0v) is 7.94. The van der Waals surface area contributed by atoms with Crippen LogP contribution in [0, 0.1) is 5.82 Å². The molecule has 15 heavy (non-hydrogen) atoms. The molecule has 0 aliphatic heterocycles. The monoisotopic (exact) mass is 200 g/mol. The average molecular weight is 200 g/mol. The van der Waals surface area contributed by atoms with Crippen molar-refractivity contribution in [3.05, 3.63) is 48.3 Å². The van der Waals surface area contributed by atoms with Gasteiger partial charge in [0.25, 0.3) is 0 Å². The third-order valence-corrected chi connectivity index (χ3v) is 2.67. The van der Waals surface area contributed by atoms with Crippen molar-refractivity contribution in [3.8, 4) is 0 Å². The number of rotatable bonds is 0. The van der Waals surface area contributed by atoms with Crippen LogP contribution in [0.1, 0.15) is 0 Å². The maximum atomic E-state index is 13.1. The van der Waals surface area contributed by atoms with E-state index in [1.807, 2.05) is 24.3 Å². The van der Waals surface area contributed by atoms with Gasteiger partial charge in [-0.05, 0) is 18.2 Å². The quantitative estimate of drug-likeness (QED) is 0.556. The van der Waals surface area contributed by atoms with Gasteiger partial charge in [-0.1, -0.05) is 18.2 Å². The molecular weight excluding hydrogens is 191 g/mol. The van der Waals surface area contributed by atoms with Gasteiger partial charge in [0.05, 0.1) is 11.0 Å². The molecule has 74 valence electrons. The number of nitrogens with two attached hydrogens (primary N) is 1. The number of hydrogen-bond donors (Lipinski definition) is 1. The second kappa shape index (κ2) is 2.73. The van der Waals surface area contributed by atoms with Crippen molar-refractivity contribution >= 4 is 21.8 Å². The minimum atomic E-state index is -0.267. The smallest absolute Gasteiger partial charge is 0.125 e. The van der Waals surface area contributed by atoms with Gasteiger partial charge in [-0.2, -0.15) is 0 Å². The molecule has 0 aliphatic rings. The molecular formula is C12H9FN2. The molecule has 2 nitrogen and oxygen atoms in total. The molecule has 1 aromatic heterocycles. The maximum Gasteiger partial charge on any atom is 0.125 e.